The highest BCUT2D eigenvalue weighted by Crippen LogP contribution is 2.16. The lowest BCUT2D eigenvalue weighted by Crippen LogP contribution is -2.49. The summed E-state index contributed by atoms with van der Waals surface area (Å²) in [6.45, 7) is 10.2. The second-order valence-corrected chi connectivity index (χ2v) is 5.13. The van der Waals surface area contributed by atoms with Gasteiger partial charge in [-0.1, -0.05) is 13.8 Å². The van der Waals surface area contributed by atoms with Crippen molar-refractivity contribution in [2.45, 2.75) is 46.1 Å². The Morgan fingerprint density at radius 3 is 2.53 bits per heavy atom. The van der Waals surface area contributed by atoms with Gasteiger partial charge in [-0.3, -0.25) is 9.59 Å². The predicted molar refractivity (Wildman–Crippen MR) is 75.8 cm³/mol. The van der Waals surface area contributed by atoms with Crippen LogP contribution in [0.2, 0.25) is 0 Å². The molecular weight excluding hydrogens is 242 g/mol. The Morgan fingerprint density at radius 1 is 1.26 bits per heavy atom. The van der Waals surface area contributed by atoms with Gasteiger partial charge in [0.2, 0.25) is 0 Å². The maximum Gasteiger partial charge on any atom is 0.312 e. The Kier molecular flexibility index (Phi) is 6.84. The molecule has 5 nitrogen and oxygen atoms in total. The van der Waals surface area contributed by atoms with E-state index in [9.17, 15) is 9.59 Å². The zero-order valence-corrected chi connectivity index (χ0v) is 12.4. The number of piperidine rings is 1. The Hall–Kier alpha value is -1.10. The van der Waals surface area contributed by atoms with E-state index in [1.165, 1.54) is 0 Å². The predicted octanol–water partition coefficient (Wildman–Crippen LogP) is 0.845. The molecule has 1 N–H and O–H groups in total. The number of hydrogen-bond donors (Lipinski definition) is 1. The zero-order chi connectivity index (χ0) is 14.3. The second kappa shape index (κ2) is 8.15. The molecule has 0 bridgehead atoms. The molecule has 0 radical (unpaired) electrons. The van der Waals surface area contributed by atoms with Crippen LogP contribution < -0.4 is 5.32 Å². The quantitative estimate of drug-likeness (QED) is 0.753. The molecule has 1 aliphatic rings. The van der Waals surface area contributed by atoms with E-state index in [1.54, 1.807) is 4.90 Å². The highest BCUT2D eigenvalue weighted by molar-refractivity contribution is 6.35. The Bertz CT molecular complexity index is 303. The highest BCUT2D eigenvalue weighted by Gasteiger charge is 2.27. The van der Waals surface area contributed by atoms with Crippen LogP contribution in [0.4, 0.5) is 0 Å². The summed E-state index contributed by atoms with van der Waals surface area (Å²) in [4.78, 5) is 27.8. The number of carbonyl (C=O) groups is 2. The van der Waals surface area contributed by atoms with Crippen LogP contribution >= 0.6 is 0 Å². The molecule has 19 heavy (non-hydrogen) atoms. The number of rotatable bonds is 5. The lowest BCUT2D eigenvalue weighted by molar-refractivity contribution is -0.148. The van der Waals surface area contributed by atoms with Gasteiger partial charge in [0.05, 0.1) is 0 Å². The van der Waals surface area contributed by atoms with Crippen LogP contribution in [-0.4, -0.2) is 60.4 Å². The van der Waals surface area contributed by atoms with E-state index in [0.717, 1.165) is 38.9 Å². The number of carbonyl (C=O) groups excluding carboxylic acids is 2. The van der Waals surface area contributed by atoms with Crippen LogP contribution in [0.5, 0.6) is 0 Å². The molecule has 1 aliphatic heterocycles. The summed E-state index contributed by atoms with van der Waals surface area (Å²) in [5.41, 5.74) is 0. The van der Waals surface area contributed by atoms with E-state index < -0.39 is 5.91 Å². The van der Waals surface area contributed by atoms with Gasteiger partial charge in [-0.25, -0.2) is 0 Å². The lowest BCUT2D eigenvalue weighted by atomic mass is 10.0. The lowest BCUT2D eigenvalue weighted by Gasteiger charge is -2.32. The molecule has 2 amide bonds. The molecule has 1 atom stereocenters. The molecule has 0 aromatic carbocycles. The summed E-state index contributed by atoms with van der Waals surface area (Å²) in [5.74, 6) is -0.826. The molecule has 5 heteroatoms. The van der Waals surface area contributed by atoms with E-state index in [4.69, 9.17) is 0 Å². The third-order valence-corrected chi connectivity index (χ3v) is 3.87. The molecule has 110 valence electrons. The number of nitrogens with zero attached hydrogens (tertiary/aromatic N) is 2. The summed E-state index contributed by atoms with van der Waals surface area (Å²) in [5, 5.41) is 2.73. The third-order valence-electron chi connectivity index (χ3n) is 3.87. The van der Waals surface area contributed by atoms with E-state index >= 15 is 0 Å². The highest BCUT2D eigenvalue weighted by atomic mass is 16.2. The Morgan fingerprint density at radius 2 is 1.95 bits per heavy atom. The van der Waals surface area contributed by atoms with Crippen LogP contribution in [0.25, 0.3) is 0 Å². The molecule has 1 fully saturated rings. The van der Waals surface area contributed by atoms with Gasteiger partial charge in [0.1, 0.15) is 0 Å². The van der Waals surface area contributed by atoms with Gasteiger partial charge in [-0.05, 0) is 39.3 Å². The average Bonchev–Trinajstić information content (AvgIpc) is 2.43. The Balaban J connectivity index is 2.34. The van der Waals surface area contributed by atoms with Crippen molar-refractivity contribution in [3.63, 3.8) is 0 Å². The average molecular weight is 269 g/mol. The van der Waals surface area contributed by atoms with E-state index in [1.807, 2.05) is 6.92 Å². The third kappa shape index (κ3) is 4.82. The monoisotopic (exact) mass is 269 g/mol. The summed E-state index contributed by atoms with van der Waals surface area (Å²) < 4.78 is 0. The van der Waals surface area contributed by atoms with Crippen molar-refractivity contribution in [2.24, 2.45) is 0 Å². The summed E-state index contributed by atoms with van der Waals surface area (Å²) >= 11 is 0. The maximum absolute atomic E-state index is 12.0. The van der Waals surface area contributed by atoms with Gasteiger partial charge in [0, 0.05) is 25.7 Å². The summed E-state index contributed by atoms with van der Waals surface area (Å²) in [6, 6.07) is 0.190. The molecule has 1 rings (SSSR count). The summed E-state index contributed by atoms with van der Waals surface area (Å²) in [7, 11) is 0. The van der Waals surface area contributed by atoms with Gasteiger partial charge in [0.15, 0.2) is 0 Å². The van der Waals surface area contributed by atoms with Crippen molar-refractivity contribution in [1.82, 2.24) is 15.1 Å². The normalized spacial score (nSPS) is 19.6. The fourth-order valence-corrected chi connectivity index (χ4v) is 2.47. The molecule has 1 unspecified atom stereocenters. The SMILES string of the molecule is CCN(CC)CCNC(=O)C(=O)N1CCCCC1C. The van der Waals surface area contributed by atoms with Crippen molar-refractivity contribution in [3.05, 3.63) is 0 Å². The smallest absolute Gasteiger partial charge is 0.312 e. The van der Waals surface area contributed by atoms with E-state index in [-0.39, 0.29) is 11.9 Å². The van der Waals surface area contributed by atoms with E-state index in [2.05, 4.69) is 24.1 Å². The topological polar surface area (TPSA) is 52.7 Å². The second-order valence-electron chi connectivity index (χ2n) is 5.13. The molecule has 1 saturated heterocycles. The first kappa shape index (κ1) is 16.0. The molecular formula is C14H27N3O2. The van der Waals surface area contributed by atoms with Crippen molar-refractivity contribution in [2.75, 3.05) is 32.7 Å². The van der Waals surface area contributed by atoms with Gasteiger partial charge in [0.25, 0.3) is 0 Å². The van der Waals surface area contributed by atoms with Gasteiger partial charge in [-0.15, -0.1) is 0 Å². The van der Waals surface area contributed by atoms with Crippen LogP contribution in [0.1, 0.15) is 40.0 Å². The molecule has 0 spiro atoms. The first-order valence-corrected chi connectivity index (χ1v) is 7.41. The van der Waals surface area contributed by atoms with Crippen molar-refractivity contribution < 1.29 is 9.59 Å². The van der Waals surface area contributed by atoms with Crippen molar-refractivity contribution in [1.29, 1.82) is 0 Å². The molecule has 0 aromatic heterocycles. The van der Waals surface area contributed by atoms with Crippen LogP contribution in [0.15, 0.2) is 0 Å². The van der Waals surface area contributed by atoms with E-state index in [0.29, 0.717) is 13.1 Å². The number of hydrogen-bond acceptors (Lipinski definition) is 3. The largest absolute Gasteiger partial charge is 0.347 e. The fourth-order valence-electron chi connectivity index (χ4n) is 2.47. The standard InChI is InChI=1S/C14H27N3O2/c1-4-16(5-2)11-9-15-13(18)14(19)17-10-7-6-8-12(17)3/h12H,4-11H2,1-3H3,(H,15,18). The maximum atomic E-state index is 12.0. The minimum Gasteiger partial charge on any atom is -0.347 e. The van der Waals surface area contributed by atoms with Gasteiger partial charge < -0.3 is 15.1 Å². The molecule has 0 aromatic rings. The van der Waals surface area contributed by atoms with Gasteiger partial charge >= 0.3 is 11.8 Å². The first-order chi connectivity index (χ1) is 9.10. The molecule has 0 aliphatic carbocycles. The van der Waals surface area contributed by atoms with Crippen LogP contribution in [0, 0.1) is 0 Å². The number of amides is 2. The fraction of sp³-hybridized carbons (Fsp3) is 0.857. The number of nitrogens with one attached hydrogen (secondary N) is 1. The van der Waals surface area contributed by atoms with Crippen LogP contribution in [-0.2, 0) is 9.59 Å². The first-order valence-electron chi connectivity index (χ1n) is 7.41. The molecule has 1 heterocycles. The minimum atomic E-state index is -0.457. The Labute approximate surface area is 116 Å². The van der Waals surface area contributed by atoms with Gasteiger partial charge in [-0.2, -0.15) is 0 Å². The minimum absolute atomic E-state index is 0.190. The molecule has 0 saturated carbocycles. The zero-order valence-electron chi connectivity index (χ0n) is 12.4. The van der Waals surface area contributed by atoms with Crippen molar-refractivity contribution >= 4 is 11.8 Å². The van der Waals surface area contributed by atoms with Crippen LogP contribution in [0.3, 0.4) is 0 Å². The number of likely N-dealkylation sites (N-methyl/N-ethyl adjacent to an activating group) is 1. The number of likely N-dealkylation sites (tertiary alicyclic amines) is 1. The van der Waals surface area contributed by atoms with Crippen molar-refractivity contribution in [3.8, 4) is 0 Å². The summed E-state index contributed by atoms with van der Waals surface area (Å²) in [6.07, 6.45) is 3.15.